The molecule has 1 aliphatic rings. The molecule has 1 aliphatic heterocycles. The van der Waals surface area contributed by atoms with Crippen molar-refractivity contribution in [1.29, 1.82) is 0 Å². The molecule has 7 heteroatoms. The minimum atomic E-state index is -0.517. The molecule has 1 aromatic heterocycles. The fraction of sp³-hybridized carbons (Fsp3) is 0.455. The molecule has 2 aromatic rings. The molecular formula is C22H28N2O5. The number of nitrogens with zero attached hydrogens (tertiary/aromatic N) is 2. The lowest BCUT2D eigenvalue weighted by Crippen LogP contribution is -2.45. The van der Waals surface area contributed by atoms with Crippen LogP contribution in [0.5, 0.6) is 5.75 Å². The predicted octanol–water partition coefficient (Wildman–Crippen LogP) is 2.29. The maximum Gasteiger partial charge on any atom is 0.344 e. The maximum atomic E-state index is 12.2. The molecule has 1 aromatic carbocycles. The molecule has 0 atom stereocenters. The summed E-state index contributed by atoms with van der Waals surface area (Å²) in [6.45, 7) is 8.48. The molecule has 0 spiro atoms. The highest BCUT2D eigenvalue weighted by molar-refractivity contribution is 5.71. The lowest BCUT2D eigenvalue weighted by molar-refractivity contribution is -0.149. The number of esters is 1. The van der Waals surface area contributed by atoms with Gasteiger partial charge in [0.2, 0.25) is 11.2 Å². The fourth-order valence-electron chi connectivity index (χ4n) is 3.23. The van der Waals surface area contributed by atoms with E-state index >= 15 is 0 Å². The smallest absolute Gasteiger partial charge is 0.344 e. The number of carbonyl (C=O) groups is 1. The first kappa shape index (κ1) is 21.1. The van der Waals surface area contributed by atoms with Crippen LogP contribution in [0.1, 0.15) is 25.2 Å². The van der Waals surface area contributed by atoms with E-state index in [2.05, 4.69) is 34.1 Å². The van der Waals surface area contributed by atoms with Crippen molar-refractivity contribution in [2.24, 2.45) is 0 Å². The molecule has 1 saturated heterocycles. The number of hydrogen-bond acceptors (Lipinski definition) is 7. The van der Waals surface area contributed by atoms with Gasteiger partial charge in [-0.05, 0) is 19.4 Å². The zero-order valence-corrected chi connectivity index (χ0v) is 17.0. The Balaban J connectivity index is 1.46. The molecule has 3 rings (SSSR count). The van der Waals surface area contributed by atoms with Crippen LogP contribution < -0.4 is 10.2 Å². The van der Waals surface area contributed by atoms with Crippen LogP contribution in [0, 0.1) is 0 Å². The Bertz CT molecular complexity index is 842. The summed E-state index contributed by atoms with van der Waals surface area (Å²) in [5, 5.41) is 0. The second-order valence-corrected chi connectivity index (χ2v) is 7.44. The molecule has 0 N–H and O–H groups in total. The van der Waals surface area contributed by atoms with Gasteiger partial charge < -0.3 is 13.9 Å². The second kappa shape index (κ2) is 10.2. The molecule has 156 valence electrons. The third-order valence-electron chi connectivity index (χ3n) is 4.66. The van der Waals surface area contributed by atoms with E-state index in [1.807, 2.05) is 6.07 Å². The van der Waals surface area contributed by atoms with Gasteiger partial charge in [0.05, 0.1) is 12.6 Å². The number of rotatable bonds is 8. The van der Waals surface area contributed by atoms with Gasteiger partial charge in [0.1, 0.15) is 12.0 Å². The summed E-state index contributed by atoms with van der Waals surface area (Å²) < 4.78 is 15.7. The van der Waals surface area contributed by atoms with Crippen molar-refractivity contribution in [3.8, 4) is 5.75 Å². The third-order valence-corrected chi connectivity index (χ3v) is 4.66. The van der Waals surface area contributed by atoms with Crippen LogP contribution in [-0.2, 0) is 22.6 Å². The van der Waals surface area contributed by atoms with E-state index in [0.717, 1.165) is 32.7 Å². The van der Waals surface area contributed by atoms with E-state index in [1.54, 1.807) is 13.8 Å². The monoisotopic (exact) mass is 400 g/mol. The highest BCUT2D eigenvalue weighted by Gasteiger charge is 2.18. The van der Waals surface area contributed by atoms with Crippen LogP contribution in [0.4, 0.5) is 0 Å². The van der Waals surface area contributed by atoms with Gasteiger partial charge in [-0.15, -0.1) is 0 Å². The minimum absolute atomic E-state index is 0.0159. The number of ether oxygens (including phenoxy) is 2. The van der Waals surface area contributed by atoms with Crippen molar-refractivity contribution in [3.05, 3.63) is 64.2 Å². The average Bonchev–Trinajstić information content (AvgIpc) is 2.69. The Labute approximate surface area is 170 Å². The van der Waals surface area contributed by atoms with E-state index in [1.165, 1.54) is 17.9 Å². The largest absolute Gasteiger partial charge is 0.475 e. The predicted molar refractivity (Wildman–Crippen MR) is 109 cm³/mol. The second-order valence-electron chi connectivity index (χ2n) is 7.44. The zero-order chi connectivity index (χ0) is 20.6. The van der Waals surface area contributed by atoms with E-state index in [4.69, 9.17) is 13.9 Å². The summed E-state index contributed by atoms with van der Waals surface area (Å²) in [7, 11) is 0. The maximum absolute atomic E-state index is 12.2. The average molecular weight is 400 g/mol. The van der Waals surface area contributed by atoms with Crippen molar-refractivity contribution in [2.45, 2.75) is 33.0 Å². The molecule has 0 unspecified atom stereocenters. The SMILES string of the molecule is CC(C)OC(=O)COc1coc(CN2CCN(Cc3ccccc3)CC2)cc1=O. The summed E-state index contributed by atoms with van der Waals surface area (Å²) in [5.74, 6) is 0.0857. The van der Waals surface area contributed by atoms with E-state index < -0.39 is 5.97 Å². The first-order valence-corrected chi connectivity index (χ1v) is 9.92. The Kier molecular flexibility index (Phi) is 7.43. The molecule has 0 amide bonds. The van der Waals surface area contributed by atoms with Crippen LogP contribution in [-0.4, -0.2) is 54.7 Å². The van der Waals surface area contributed by atoms with Crippen LogP contribution in [0.25, 0.3) is 0 Å². The molecular weight excluding hydrogens is 372 g/mol. The molecule has 0 aliphatic carbocycles. The Hall–Kier alpha value is -2.64. The van der Waals surface area contributed by atoms with Crippen molar-refractivity contribution < 1.29 is 18.7 Å². The first-order valence-electron chi connectivity index (χ1n) is 9.92. The summed E-state index contributed by atoms with van der Waals surface area (Å²) in [4.78, 5) is 28.4. The summed E-state index contributed by atoms with van der Waals surface area (Å²) in [5.41, 5.74) is 1.02. The van der Waals surface area contributed by atoms with Crippen LogP contribution in [0.2, 0.25) is 0 Å². The molecule has 7 nitrogen and oxygen atoms in total. The number of piperazine rings is 1. The lowest BCUT2D eigenvalue weighted by atomic mass is 10.2. The van der Waals surface area contributed by atoms with Gasteiger partial charge in [-0.1, -0.05) is 30.3 Å². The lowest BCUT2D eigenvalue weighted by Gasteiger charge is -2.34. The van der Waals surface area contributed by atoms with Gasteiger partial charge in [0.25, 0.3) is 0 Å². The van der Waals surface area contributed by atoms with Crippen LogP contribution in [0.3, 0.4) is 0 Å². The number of hydrogen-bond donors (Lipinski definition) is 0. The van der Waals surface area contributed by atoms with Crippen LogP contribution in [0.15, 0.2) is 51.9 Å². The summed E-state index contributed by atoms with van der Waals surface area (Å²) >= 11 is 0. The number of carbonyl (C=O) groups excluding carboxylic acids is 1. The minimum Gasteiger partial charge on any atom is -0.475 e. The van der Waals surface area contributed by atoms with E-state index in [0.29, 0.717) is 12.3 Å². The van der Waals surface area contributed by atoms with Gasteiger partial charge >= 0.3 is 5.97 Å². The molecule has 0 saturated carbocycles. The first-order chi connectivity index (χ1) is 14.0. The summed E-state index contributed by atoms with van der Waals surface area (Å²) in [6, 6.07) is 11.9. The summed E-state index contributed by atoms with van der Waals surface area (Å²) in [6.07, 6.45) is 1.05. The van der Waals surface area contributed by atoms with Crippen molar-refractivity contribution in [3.63, 3.8) is 0 Å². The topological polar surface area (TPSA) is 72.2 Å². The third kappa shape index (κ3) is 6.73. The zero-order valence-electron chi connectivity index (χ0n) is 17.0. The van der Waals surface area contributed by atoms with Crippen molar-refractivity contribution in [2.75, 3.05) is 32.8 Å². The molecule has 2 heterocycles. The normalized spacial score (nSPS) is 15.4. The molecule has 1 fully saturated rings. The van der Waals surface area contributed by atoms with Gasteiger partial charge in [0, 0.05) is 38.8 Å². The molecule has 0 bridgehead atoms. The molecule has 29 heavy (non-hydrogen) atoms. The van der Waals surface area contributed by atoms with Gasteiger partial charge in [-0.2, -0.15) is 0 Å². The van der Waals surface area contributed by atoms with E-state index in [-0.39, 0.29) is 23.9 Å². The quantitative estimate of drug-likeness (QED) is 0.630. The van der Waals surface area contributed by atoms with E-state index in [9.17, 15) is 9.59 Å². The van der Waals surface area contributed by atoms with Gasteiger partial charge in [-0.25, -0.2) is 4.79 Å². The standard InChI is InChI=1S/C22H28N2O5/c1-17(2)29-22(26)16-28-21-15-27-19(12-20(21)25)14-24-10-8-23(9-11-24)13-18-6-4-3-5-7-18/h3-7,12,15,17H,8-11,13-14,16H2,1-2H3. The van der Waals surface area contributed by atoms with Crippen molar-refractivity contribution in [1.82, 2.24) is 9.80 Å². The van der Waals surface area contributed by atoms with Gasteiger partial charge in [-0.3, -0.25) is 14.6 Å². The Morgan fingerprint density at radius 3 is 2.34 bits per heavy atom. The highest BCUT2D eigenvalue weighted by Crippen LogP contribution is 2.12. The Morgan fingerprint density at radius 1 is 1.07 bits per heavy atom. The Morgan fingerprint density at radius 2 is 1.72 bits per heavy atom. The number of benzene rings is 1. The van der Waals surface area contributed by atoms with Crippen molar-refractivity contribution >= 4 is 5.97 Å². The van der Waals surface area contributed by atoms with Gasteiger partial charge in [0.15, 0.2) is 6.61 Å². The van der Waals surface area contributed by atoms with Crippen LogP contribution >= 0.6 is 0 Å². The fourth-order valence-corrected chi connectivity index (χ4v) is 3.23. The molecule has 0 radical (unpaired) electrons. The highest BCUT2D eigenvalue weighted by atomic mass is 16.6.